The number of aromatic amines is 3. The second kappa shape index (κ2) is 14.1. The van der Waals surface area contributed by atoms with E-state index in [9.17, 15) is 0 Å². The van der Waals surface area contributed by atoms with Gasteiger partial charge in [-0.25, -0.2) is 18.3 Å². The van der Waals surface area contributed by atoms with E-state index in [0.717, 1.165) is 78.0 Å². The summed E-state index contributed by atoms with van der Waals surface area (Å²) in [5.74, 6) is 0. The number of nitrogens with zero attached hydrogens (tertiary/aromatic N) is 4. The van der Waals surface area contributed by atoms with Crippen LogP contribution in [0.3, 0.4) is 0 Å². The van der Waals surface area contributed by atoms with Gasteiger partial charge in [0.1, 0.15) is 28.2 Å². The molecule has 2 aromatic carbocycles. The number of nitrogens with one attached hydrogen (secondary N) is 3. The van der Waals surface area contributed by atoms with Crippen LogP contribution in [-0.4, -0.2) is 15.0 Å². The number of benzene rings is 2. The lowest BCUT2D eigenvalue weighted by atomic mass is 10.0. The van der Waals surface area contributed by atoms with Crippen LogP contribution in [0, 0.1) is 0 Å². The van der Waals surface area contributed by atoms with Crippen molar-refractivity contribution in [2.24, 2.45) is 28.2 Å². The Bertz CT molecular complexity index is 3350. The molecule has 1 aliphatic rings. The highest BCUT2D eigenvalue weighted by atomic mass is 32.1. The van der Waals surface area contributed by atoms with Crippen LogP contribution in [0.25, 0.3) is 44.1 Å². The van der Waals surface area contributed by atoms with Gasteiger partial charge >= 0.3 is 0 Å². The highest BCUT2D eigenvalue weighted by molar-refractivity contribution is 7.08. The first kappa shape index (κ1) is 35.7. The Morgan fingerprint density at radius 3 is 1.22 bits per heavy atom. The standard InChI is InChI=1S/C52H41N7S/c1-56-27-21-33(22-28-56)49-39-11-12-40(53-39)50(34-23-29-57(2)30-24-34)42-14-16-44(55-42)52(38-10-18-46-36(32-38)8-6-26-59(46)4)48-20-19-47(60-48)51(43-15-13-41(49)54-43)37-9-17-45-35(31-37)7-5-25-58(45)3/h5-32,53H,1-4H3/q+2/p+2. The van der Waals surface area contributed by atoms with Crippen molar-refractivity contribution in [1.82, 2.24) is 15.0 Å². The third-order valence-corrected chi connectivity index (χ3v) is 13.0. The molecular formula is C52H43N7S+4. The molecule has 3 N–H and O–H groups in total. The second-order valence-electron chi connectivity index (χ2n) is 15.8. The van der Waals surface area contributed by atoms with Crippen LogP contribution in [-0.2, 0) is 28.2 Å². The molecule has 8 bridgehead atoms. The maximum Gasteiger partial charge on any atom is 0.212 e. The van der Waals surface area contributed by atoms with E-state index in [4.69, 9.17) is 0 Å². The predicted octanol–water partition coefficient (Wildman–Crippen LogP) is 4.64. The zero-order valence-corrected chi connectivity index (χ0v) is 34.7. The van der Waals surface area contributed by atoms with E-state index in [2.05, 4.69) is 232 Å². The lowest BCUT2D eigenvalue weighted by molar-refractivity contribution is -0.671. The van der Waals surface area contributed by atoms with Gasteiger partial charge in [0.2, 0.25) is 11.0 Å². The molecule has 11 rings (SSSR count). The van der Waals surface area contributed by atoms with E-state index in [-0.39, 0.29) is 0 Å². The molecule has 0 fully saturated rings. The van der Waals surface area contributed by atoms with Gasteiger partial charge in [-0.05, 0) is 107 Å². The van der Waals surface area contributed by atoms with Crippen molar-refractivity contribution in [2.45, 2.75) is 0 Å². The highest BCUT2D eigenvalue weighted by Gasteiger charge is 2.20. The summed E-state index contributed by atoms with van der Waals surface area (Å²) < 4.78 is 10.9. The van der Waals surface area contributed by atoms with Gasteiger partial charge in [-0.1, -0.05) is 0 Å². The van der Waals surface area contributed by atoms with Crippen LogP contribution in [0.5, 0.6) is 0 Å². The molecular weight excluding hydrogens is 755 g/mol. The monoisotopic (exact) mass is 797 g/mol. The Morgan fingerprint density at radius 2 is 0.783 bits per heavy atom. The first-order valence-electron chi connectivity index (χ1n) is 20.2. The van der Waals surface area contributed by atoms with Crippen molar-refractivity contribution in [3.63, 3.8) is 0 Å². The van der Waals surface area contributed by atoms with Crippen LogP contribution in [0.4, 0.5) is 0 Å². The number of hydrogen-bond donors (Lipinski definition) is 3. The molecule has 60 heavy (non-hydrogen) atoms. The van der Waals surface area contributed by atoms with Crippen LogP contribution in [0.2, 0.25) is 0 Å². The Labute approximate surface area is 350 Å². The number of hydrogen-bond acceptors (Lipinski definition) is 1. The molecule has 10 aromatic rings. The highest BCUT2D eigenvalue weighted by Crippen LogP contribution is 2.30. The first-order valence-corrected chi connectivity index (χ1v) is 21.0. The summed E-state index contributed by atoms with van der Waals surface area (Å²) in [6, 6.07) is 49.1. The quantitative estimate of drug-likeness (QED) is 0.218. The van der Waals surface area contributed by atoms with Crippen molar-refractivity contribution in [2.75, 3.05) is 0 Å². The molecule has 0 radical (unpaired) electrons. The van der Waals surface area contributed by atoms with Gasteiger partial charge in [0.05, 0.1) is 0 Å². The summed E-state index contributed by atoms with van der Waals surface area (Å²) in [5.41, 5.74) is 15.6. The van der Waals surface area contributed by atoms with E-state index in [1.54, 1.807) is 0 Å². The van der Waals surface area contributed by atoms with Crippen LogP contribution in [0.15, 0.2) is 171 Å². The molecule has 0 amide bonds. The molecule has 0 saturated carbocycles. The molecule has 0 unspecified atom stereocenters. The third kappa shape index (κ3) is 6.12. The average molecular weight is 798 g/mol. The molecule has 9 heterocycles. The fourth-order valence-electron chi connectivity index (χ4n) is 8.82. The molecule has 0 aliphatic carbocycles. The lowest BCUT2D eigenvalue weighted by Gasteiger charge is -2.10. The minimum atomic E-state index is 1.03. The van der Waals surface area contributed by atoms with Crippen molar-refractivity contribution < 1.29 is 18.3 Å². The average Bonchev–Trinajstić information content (AvgIpc) is 4.11. The molecule has 7 nitrogen and oxygen atoms in total. The predicted molar refractivity (Wildman–Crippen MR) is 237 cm³/mol. The van der Waals surface area contributed by atoms with Crippen LogP contribution >= 0.6 is 11.3 Å². The normalized spacial score (nSPS) is 12.9. The van der Waals surface area contributed by atoms with Crippen molar-refractivity contribution >= 4 is 55.4 Å². The van der Waals surface area contributed by atoms with E-state index in [1.807, 2.05) is 11.3 Å². The number of aromatic nitrogens is 7. The Morgan fingerprint density at radius 1 is 0.367 bits per heavy atom. The molecule has 288 valence electrons. The second-order valence-corrected chi connectivity index (χ2v) is 16.9. The summed E-state index contributed by atoms with van der Waals surface area (Å²) >= 11 is 1.83. The summed E-state index contributed by atoms with van der Waals surface area (Å²) in [7, 11) is 8.32. The van der Waals surface area contributed by atoms with Gasteiger partial charge in [0.25, 0.3) is 0 Å². The summed E-state index contributed by atoms with van der Waals surface area (Å²) in [6.45, 7) is 0. The largest absolute Gasteiger partial charge is 0.354 e. The summed E-state index contributed by atoms with van der Waals surface area (Å²) in [5, 5.41) is 4.44. The Balaban J connectivity index is 1.27. The van der Waals surface area contributed by atoms with Crippen molar-refractivity contribution in [1.29, 1.82) is 0 Å². The van der Waals surface area contributed by atoms with Crippen molar-refractivity contribution in [3.8, 4) is 0 Å². The summed E-state index contributed by atoms with van der Waals surface area (Å²) in [4.78, 5) is 11.8. The molecule has 0 spiro atoms. The zero-order valence-electron chi connectivity index (χ0n) is 33.9. The number of pyridine rings is 4. The minimum Gasteiger partial charge on any atom is -0.354 e. The number of H-pyrrole nitrogens is 3. The Kier molecular flexibility index (Phi) is 8.42. The van der Waals surface area contributed by atoms with Gasteiger partial charge in [-0.2, -0.15) is 0 Å². The zero-order chi connectivity index (χ0) is 40.5. The Hall–Kier alpha value is -7.42. The molecule has 0 atom stereocenters. The fraction of sp³-hybridized carbons (Fsp3) is 0.0769. The smallest absolute Gasteiger partial charge is 0.212 e. The maximum atomic E-state index is 3.96. The van der Waals surface area contributed by atoms with Gasteiger partial charge in [-0.3, -0.25) is 0 Å². The maximum absolute atomic E-state index is 3.96. The first-order chi connectivity index (χ1) is 29.3. The lowest BCUT2D eigenvalue weighted by Crippen LogP contribution is -2.27. The van der Waals surface area contributed by atoms with E-state index >= 15 is 0 Å². The number of fused-ring (bicyclic) bond motifs is 10. The number of rotatable bonds is 4. The number of thiophene rings is 1. The van der Waals surface area contributed by atoms with E-state index < -0.39 is 0 Å². The van der Waals surface area contributed by atoms with E-state index in [1.165, 1.54) is 30.9 Å². The molecule has 8 heteroatoms. The van der Waals surface area contributed by atoms with Crippen LogP contribution < -0.4 is 38.0 Å². The van der Waals surface area contributed by atoms with Gasteiger partial charge in [-0.15, -0.1) is 11.3 Å². The topological polar surface area (TPSA) is 62.9 Å². The van der Waals surface area contributed by atoms with E-state index in [0.29, 0.717) is 0 Å². The molecule has 8 aromatic heterocycles. The van der Waals surface area contributed by atoms with Gasteiger partial charge < -0.3 is 15.0 Å². The number of aryl methyl sites for hydroxylation is 4. The third-order valence-electron chi connectivity index (χ3n) is 11.9. The van der Waals surface area contributed by atoms with Crippen LogP contribution in [0.1, 0.15) is 45.0 Å². The summed E-state index contributed by atoms with van der Waals surface area (Å²) in [6.07, 6.45) is 12.7. The minimum absolute atomic E-state index is 1.03. The molecule has 0 saturated heterocycles. The van der Waals surface area contributed by atoms with Gasteiger partial charge in [0, 0.05) is 124 Å². The SMILES string of the molecule is C[n+]1ccc(C2=c3ccc([nH]3)=C(c3cc[n+](C)cc3)c3ccc([nH]3)C(c3ccc4c(ccc[n+]4C)c3)=c3ccc(s3)=C(c3ccc4c(ccc[n+]4C)c3)c3ccc2[nH]3)cc1. The van der Waals surface area contributed by atoms with Gasteiger partial charge in [0.15, 0.2) is 37.2 Å². The van der Waals surface area contributed by atoms with Crippen molar-refractivity contribution in [3.05, 3.63) is 235 Å². The molecule has 1 aliphatic heterocycles. The fourth-order valence-corrected chi connectivity index (χ4v) is 9.99.